The lowest BCUT2D eigenvalue weighted by atomic mass is 9.94. The van der Waals surface area contributed by atoms with Crippen LogP contribution in [0.2, 0.25) is 0 Å². The maximum atomic E-state index is 14.2. The van der Waals surface area contributed by atoms with Crippen LogP contribution in [0.25, 0.3) is 0 Å². The van der Waals surface area contributed by atoms with E-state index in [-0.39, 0.29) is 17.9 Å². The Morgan fingerprint density at radius 3 is 2.38 bits per heavy atom. The van der Waals surface area contributed by atoms with Crippen molar-refractivity contribution >= 4 is 17.5 Å². The van der Waals surface area contributed by atoms with Gasteiger partial charge in [0.2, 0.25) is 5.91 Å². The number of nitrogens with zero attached hydrogens (tertiary/aromatic N) is 3. The normalized spacial score (nSPS) is 15.1. The van der Waals surface area contributed by atoms with Crippen LogP contribution in [-0.2, 0) is 4.79 Å². The van der Waals surface area contributed by atoms with E-state index in [0.29, 0.717) is 28.3 Å². The highest BCUT2D eigenvalue weighted by Gasteiger charge is 2.37. The molecule has 2 amide bonds. The first-order valence-corrected chi connectivity index (χ1v) is 11.9. The third kappa shape index (κ3) is 4.74. The highest BCUT2D eigenvalue weighted by atomic mass is 16.5. The van der Waals surface area contributed by atoms with Crippen LogP contribution >= 0.6 is 0 Å². The summed E-state index contributed by atoms with van der Waals surface area (Å²) in [5, 5.41) is 7.23. The predicted molar refractivity (Wildman–Crippen MR) is 131 cm³/mol. The quantitative estimate of drug-likeness (QED) is 0.550. The molecule has 34 heavy (non-hydrogen) atoms. The van der Waals surface area contributed by atoms with Crippen LogP contribution in [0.5, 0.6) is 0 Å². The summed E-state index contributed by atoms with van der Waals surface area (Å²) in [7, 11) is 0. The van der Waals surface area contributed by atoms with E-state index in [9.17, 15) is 9.59 Å². The smallest absolute Gasteiger partial charge is 0.264 e. The first-order valence-electron chi connectivity index (χ1n) is 11.9. The van der Waals surface area contributed by atoms with E-state index >= 15 is 0 Å². The van der Waals surface area contributed by atoms with E-state index in [0.717, 1.165) is 36.8 Å². The van der Waals surface area contributed by atoms with Gasteiger partial charge in [-0.25, -0.2) is 0 Å². The fourth-order valence-electron chi connectivity index (χ4n) is 4.76. The van der Waals surface area contributed by atoms with Gasteiger partial charge in [0.15, 0.2) is 0 Å². The summed E-state index contributed by atoms with van der Waals surface area (Å²) in [4.78, 5) is 33.8. The zero-order valence-corrected chi connectivity index (χ0v) is 20.3. The highest BCUT2D eigenvalue weighted by molar-refractivity contribution is 6.11. The van der Waals surface area contributed by atoms with Crippen molar-refractivity contribution in [3.63, 3.8) is 0 Å². The Morgan fingerprint density at radius 2 is 1.74 bits per heavy atom. The van der Waals surface area contributed by atoms with Crippen LogP contribution in [0.15, 0.2) is 47.2 Å². The monoisotopic (exact) mass is 460 g/mol. The summed E-state index contributed by atoms with van der Waals surface area (Å²) in [6.45, 7) is 7.44. The van der Waals surface area contributed by atoms with E-state index in [4.69, 9.17) is 4.52 Å². The molecular formula is C27H32N4O3. The number of hydrogen-bond donors (Lipinski definition) is 1. The summed E-state index contributed by atoms with van der Waals surface area (Å²) in [6.07, 6.45) is 8.61. The number of aryl methyl sites for hydroxylation is 3. The van der Waals surface area contributed by atoms with Crippen LogP contribution < -0.4 is 10.2 Å². The first-order chi connectivity index (χ1) is 16.4. The van der Waals surface area contributed by atoms with Crippen molar-refractivity contribution in [1.29, 1.82) is 0 Å². The molecule has 0 aliphatic heterocycles. The number of aromatic nitrogens is 2. The Kier molecular flexibility index (Phi) is 7.10. The van der Waals surface area contributed by atoms with Gasteiger partial charge in [0.25, 0.3) is 5.91 Å². The molecule has 1 unspecified atom stereocenters. The molecule has 7 nitrogen and oxygen atoms in total. The second kappa shape index (κ2) is 10.2. The predicted octanol–water partition coefficient (Wildman–Crippen LogP) is 5.14. The van der Waals surface area contributed by atoms with Crippen LogP contribution in [0.1, 0.15) is 76.6 Å². The van der Waals surface area contributed by atoms with Gasteiger partial charge in [0, 0.05) is 24.1 Å². The zero-order chi connectivity index (χ0) is 24.2. The van der Waals surface area contributed by atoms with Gasteiger partial charge in [-0.05, 0) is 75.4 Å². The lowest BCUT2D eigenvalue weighted by molar-refractivity contribution is -0.123. The third-order valence-corrected chi connectivity index (χ3v) is 6.78. The number of rotatable bonds is 6. The lowest BCUT2D eigenvalue weighted by Crippen LogP contribution is -2.47. The van der Waals surface area contributed by atoms with Crippen molar-refractivity contribution in [3.05, 3.63) is 76.4 Å². The SMILES string of the molecule is Cc1cccc(N(C(=O)c2c(C)noc2C)C(C(=O)NC2CCCCC2)c2ccncc2)c1C. The molecule has 7 heteroatoms. The Balaban J connectivity index is 1.86. The van der Waals surface area contributed by atoms with Gasteiger partial charge < -0.3 is 9.84 Å². The molecule has 2 heterocycles. The molecule has 1 aliphatic carbocycles. The minimum atomic E-state index is -0.869. The molecule has 2 aromatic heterocycles. The van der Waals surface area contributed by atoms with Crippen molar-refractivity contribution in [2.45, 2.75) is 71.9 Å². The van der Waals surface area contributed by atoms with Gasteiger partial charge >= 0.3 is 0 Å². The first kappa shape index (κ1) is 23.7. The summed E-state index contributed by atoms with van der Waals surface area (Å²) in [6, 6.07) is 8.63. The molecule has 1 fully saturated rings. The van der Waals surface area contributed by atoms with Gasteiger partial charge in [0.1, 0.15) is 17.4 Å². The molecule has 3 aromatic rings. The fraction of sp³-hybridized carbons (Fsp3) is 0.407. The standard InChI is InChI=1S/C27H32N4O3/c1-17-9-8-12-23(18(17)2)31(27(33)24-19(3)30-34-20(24)4)25(21-13-15-28-16-14-21)26(32)29-22-10-6-5-7-11-22/h8-9,12-16,22,25H,5-7,10-11H2,1-4H3,(H,29,32). The maximum absolute atomic E-state index is 14.2. The van der Waals surface area contributed by atoms with Crippen molar-refractivity contribution < 1.29 is 14.1 Å². The zero-order valence-electron chi connectivity index (χ0n) is 20.3. The molecule has 1 aromatic carbocycles. The molecule has 0 radical (unpaired) electrons. The molecule has 1 aliphatic rings. The molecule has 1 N–H and O–H groups in total. The number of carbonyl (C=O) groups excluding carboxylic acids is 2. The topological polar surface area (TPSA) is 88.3 Å². The van der Waals surface area contributed by atoms with Crippen molar-refractivity contribution in [3.8, 4) is 0 Å². The number of nitrogens with one attached hydrogen (secondary N) is 1. The Bertz CT molecular complexity index is 1150. The van der Waals surface area contributed by atoms with Crippen LogP contribution in [-0.4, -0.2) is 28.0 Å². The van der Waals surface area contributed by atoms with Crippen LogP contribution in [0.4, 0.5) is 5.69 Å². The minimum Gasteiger partial charge on any atom is -0.361 e. The summed E-state index contributed by atoms with van der Waals surface area (Å²) >= 11 is 0. The number of amides is 2. The van der Waals surface area contributed by atoms with Gasteiger partial charge in [-0.2, -0.15) is 0 Å². The van der Waals surface area contributed by atoms with Gasteiger partial charge in [-0.1, -0.05) is 36.6 Å². The summed E-state index contributed by atoms with van der Waals surface area (Å²) in [5.74, 6) is -0.0800. The Hall–Kier alpha value is -3.48. The Morgan fingerprint density at radius 1 is 1.03 bits per heavy atom. The van der Waals surface area contributed by atoms with E-state index in [1.165, 1.54) is 6.42 Å². The van der Waals surface area contributed by atoms with E-state index < -0.39 is 6.04 Å². The minimum absolute atomic E-state index is 0.111. The van der Waals surface area contributed by atoms with Crippen molar-refractivity contribution in [1.82, 2.24) is 15.5 Å². The van der Waals surface area contributed by atoms with Gasteiger partial charge in [-0.15, -0.1) is 0 Å². The fourth-order valence-corrected chi connectivity index (χ4v) is 4.76. The molecule has 0 spiro atoms. The molecule has 0 saturated heterocycles. The molecule has 178 valence electrons. The third-order valence-electron chi connectivity index (χ3n) is 6.78. The number of carbonyl (C=O) groups is 2. The Labute approximate surface area is 200 Å². The van der Waals surface area contributed by atoms with Gasteiger partial charge in [-0.3, -0.25) is 19.5 Å². The largest absolute Gasteiger partial charge is 0.361 e. The van der Waals surface area contributed by atoms with E-state index in [2.05, 4.69) is 15.5 Å². The molecular weight excluding hydrogens is 428 g/mol. The second-order valence-electron chi connectivity index (χ2n) is 9.12. The molecule has 0 bridgehead atoms. The van der Waals surface area contributed by atoms with Gasteiger partial charge in [0.05, 0.1) is 5.69 Å². The van der Waals surface area contributed by atoms with E-state index in [1.54, 1.807) is 43.3 Å². The summed E-state index contributed by atoms with van der Waals surface area (Å²) < 4.78 is 5.32. The lowest BCUT2D eigenvalue weighted by Gasteiger charge is -2.34. The van der Waals surface area contributed by atoms with Crippen LogP contribution in [0.3, 0.4) is 0 Å². The molecule has 1 atom stereocenters. The highest BCUT2D eigenvalue weighted by Crippen LogP contribution is 2.34. The number of benzene rings is 1. The van der Waals surface area contributed by atoms with Crippen LogP contribution in [0, 0.1) is 27.7 Å². The average Bonchev–Trinajstić information content (AvgIpc) is 3.18. The molecule has 4 rings (SSSR count). The number of pyridine rings is 1. The van der Waals surface area contributed by atoms with Crippen molar-refractivity contribution in [2.24, 2.45) is 0 Å². The number of hydrogen-bond acceptors (Lipinski definition) is 5. The maximum Gasteiger partial charge on any atom is 0.264 e. The van der Waals surface area contributed by atoms with Crippen molar-refractivity contribution in [2.75, 3.05) is 4.90 Å². The molecule has 1 saturated carbocycles. The van der Waals surface area contributed by atoms with E-state index in [1.807, 2.05) is 32.0 Å². The second-order valence-corrected chi connectivity index (χ2v) is 9.12. The number of anilines is 1. The average molecular weight is 461 g/mol. The summed E-state index contributed by atoms with van der Waals surface area (Å²) in [5.41, 5.74) is 4.24.